The molecular formula is C9H21N3O2. The number of hydrogen-bond donors (Lipinski definition) is 4. The van der Waals surface area contributed by atoms with E-state index in [1.54, 1.807) is 13.8 Å². The molecule has 0 aliphatic rings. The van der Waals surface area contributed by atoms with Gasteiger partial charge in [-0.1, -0.05) is 18.5 Å². The lowest BCUT2D eigenvalue weighted by Crippen LogP contribution is -2.46. The van der Waals surface area contributed by atoms with Gasteiger partial charge >= 0.3 is 0 Å². The topological polar surface area (TPSA) is 90.9 Å². The van der Waals surface area contributed by atoms with Crippen LogP contribution in [0.5, 0.6) is 0 Å². The molecule has 0 spiro atoms. The number of oxime groups is 1. The molecule has 0 radical (unpaired) electrons. The van der Waals surface area contributed by atoms with Crippen molar-refractivity contribution in [3.05, 3.63) is 0 Å². The summed E-state index contributed by atoms with van der Waals surface area (Å²) in [7, 11) is 0. The average molecular weight is 203 g/mol. The van der Waals surface area contributed by atoms with Gasteiger partial charge in [-0.05, 0) is 20.3 Å². The summed E-state index contributed by atoms with van der Waals surface area (Å²) in [5.74, 6) is 0.122. The summed E-state index contributed by atoms with van der Waals surface area (Å²) in [5, 5.41) is 24.1. The van der Waals surface area contributed by atoms with Crippen LogP contribution in [-0.4, -0.2) is 34.3 Å². The quantitative estimate of drug-likeness (QED) is 0.216. The first-order valence-electron chi connectivity index (χ1n) is 4.86. The highest BCUT2D eigenvalue weighted by molar-refractivity contribution is 5.84. The second kappa shape index (κ2) is 5.82. The summed E-state index contributed by atoms with van der Waals surface area (Å²) in [6.07, 6.45) is 1.65. The molecule has 2 unspecified atom stereocenters. The Morgan fingerprint density at radius 3 is 2.64 bits per heavy atom. The normalized spacial score (nSPS) is 19.0. The molecule has 2 atom stereocenters. The molecule has 0 heterocycles. The first kappa shape index (κ1) is 13.2. The molecule has 0 aromatic heterocycles. The van der Waals surface area contributed by atoms with Gasteiger partial charge in [0.05, 0.1) is 11.6 Å². The van der Waals surface area contributed by atoms with Crippen LogP contribution in [0.4, 0.5) is 0 Å². The molecule has 0 saturated carbocycles. The summed E-state index contributed by atoms with van der Waals surface area (Å²) in [6.45, 7) is 5.99. The van der Waals surface area contributed by atoms with Crippen molar-refractivity contribution in [2.45, 2.75) is 45.3 Å². The van der Waals surface area contributed by atoms with Crippen molar-refractivity contribution >= 4 is 5.84 Å². The lowest BCUT2D eigenvalue weighted by atomic mass is 10.0. The second-order valence-corrected chi connectivity index (χ2v) is 3.87. The van der Waals surface area contributed by atoms with Crippen LogP contribution in [0.1, 0.15) is 33.6 Å². The molecule has 0 rings (SSSR count). The molecule has 5 nitrogen and oxygen atoms in total. The maximum absolute atomic E-state index is 9.81. The minimum absolute atomic E-state index is 0.122. The highest BCUT2D eigenvalue weighted by Crippen LogP contribution is 2.10. The number of nitrogens with two attached hydrogens (primary N) is 1. The van der Waals surface area contributed by atoms with Gasteiger partial charge < -0.3 is 21.4 Å². The van der Waals surface area contributed by atoms with Crippen LogP contribution in [0.2, 0.25) is 0 Å². The lowest BCUT2D eigenvalue weighted by Gasteiger charge is -2.25. The number of amidine groups is 1. The first-order chi connectivity index (χ1) is 6.43. The van der Waals surface area contributed by atoms with Gasteiger partial charge in [0, 0.05) is 6.54 Å². The molecule has 5 heteroatoms. The van der Waals surface area contributed by atoms with Gasteiger partial charge in [0.25, 0.3) is 0 Å². The largest absolute Gasteiger partial charge is 0.409 e. The Kier molecular flexibility index (Phi) is 5.49. The number of hydrogen-bond acceptors (Lipinski definition) is 4. The van der Waals surface area contributed by atoms with Gasteiger partial charge in [-0.25, -0.2) is 0 Å². The lowest BCUT2D eigenvalue weighted by molar-refractivity contribution is 0.0493. The Morgan fingerprint density at radius 1 is 1.64 bits per heavy atom. The molecule has 0 aromatic carbocycles. The molecule has 0 aliphatic carbocycles. The number of rotatable bonds is 6. The summed E-state index contributed by atoms with van der Waals surface area (Å²) < 4.78 is 0. The van der Waals surface area contributed by atoms with E-state index in [9.17, 15) is 5.11 Å². The van der Waals surface area contributed by atoms with E-state index in [1.807, 2.05) is 6.92 Å². The van der Waals surface area contributed by atoms with Crippen LogP contribution in [0.25, 0.3) is 0 Å². The smallest absolute Gasteiger partial charge is 0.156 e. The average Bonchev–Trinajstić information content (AvgIpc) is 2.13. The molecule has 0 fully saturated rings. The number of nitrogens with zero attached hydrogens (tertiary/aromatic N) is 1. The Hall–Kier alpha value is -0.810. The Bertz CT molecular complexity index is 192. The van der Waals surface area contributed by atoms with Crippen LogP contribution >= 0.6 is 0 Å². The van der Waals surface area contributed by atoms with E-state index >= 15 is 0 Å². The third kappa shape index (κ3) is 5.04. The van der Waals surface area contributed by atoms with E-state index < -0.39 is 5.60 Å². The van der Waals surface area contributed by atoms with Gasteiger partial charge in [-0.3, -0.25) is 0 Å². The van der Waals surface area contributed by atoms with E-state index in [4.69, 9.17) is 10.9 Å². The predicted octanol–water partition coefficient (Wildman–Crippen LogP) is 0.262. The van der Waals surface area contributed by atoms with Crippen molar-refractivity contribution < 1.29 is 10.3 Å². The van der Waals surface area contributed by atoms with Gasteiger partial charge in [0.2, 0.25) is 0 Å². The Morgan fingerprint density at radius 2 is 2.21 bits per heavy atom. The third-order valence-electron chi connectivity index (χ3n) is 2.14. The van der Waals surface area contributed by atoms with Crippen LogP contribution in [-0.2, 0) is 0 Å². The second-order valence-electron chi connectivity index (χ2n) is 3.87. The Labute approximate surface area is 85.0 Å². The van der Waals surface area contributed by atoms with E-state index in [0.29, 0.717) is 6.54 Å². The Balaban J connectivity index is 3.93. The van der Waals surface area contributed by atoms with Crippen LogP contribution < -0.4 is 11.1 Å². The van der Waals surface area contributed by atoms with Crippen molar-refractivity contribution in [2.75, 3.05) is 6.54 Å². The van der Waals surface area contributed by atoms with Crippen molar-refractivity contribution in [1.82, 2.24) is 5.32 Å². The SMILES string of the molecule is CCCC(C)(O)CNC(C)C(N)=NO. The minimum Gasteiger partial charge on any atom is -0.409 e. The molecule has 14 heavy (non-hydrogen) atoms. The molecule has 84 valence electrons. The molecular weight excluding hydrogens is 182 g/mol. The fourth-order valence-corrected chi connectivity index (χ4v) is 1.19. The standard InChI is InChI=1S/C9H21N3O2/c1-4-5-9(3,13)6-11-7(2)8(10)12-14/h7,11,13-14H,4-6H2,1-3H3,(H2,10,12). The predicted molar refractivity (Wildman–Crippen MR) is 56.4 cm³/mol. The fraction of sp³-hybridized carbons (Fsp3) is 0.889. The molecule has 0 amide bonds. The van der Waals surface area contributed by atoms with E-state index in [-0.39, 0.29) is 11.9 Å². The van der Waals surface area contributed by atoms with Crippen molar-refractivity contribution in [3.63, 3.8) is 0 Å². The van der Waals surface area contributed by atoms with E-state index in [2.05, 4.69) is 10.5 Å². The zero-order chi connectivity index (χ0) is 11.2. The van der Waals surface area contributed by atoms with Crippen molar-refractivity contribution in [2.24, 2.45) is 10.9 Å². The van der Waals surface area contributed by atoms with Gasteiger partial charge in [-0.2, -0.15) is 0 Å². The minimum atomic E-state index is -0.737. The zero-order valence-electron chi connectivity index (χ0n) is 9.12. The summed E-state index contributed by atoms with van der Waals surface area (Å²) in [5.41, 5.74) is 4.64. The van der Waals surface area contributed by atoms with Crippen LogP contribution in [0.3, 0.4) is 0 Å². The molecule has 0 bridgehead atoms. The van der Waals surface area contributed by atoms with Crippen molar-refractivity contribution in [3.8, 4) is 0 Å². The maximum atomic E-state index is 9.81. The highest BCUT2D eigenvalue weighted by Gasteiger charge is 2.20. The summed E-state index contributed by atoms with van der Waals surface area (Å²) in [4.78, 5) is 0. The number of aliphatic hydroxyl groups is 1. The molecule has 5 N–H and O–H groups in total. The summed E-state index contributed by atoms with van der Waals surface area (Å²) >= 11 is 0. The van der Waals surface area contributed by atoms with Gasteiger partial charge in [0.1, 0.15) is 0 Å². The first-order valence-corrected chi connectivity index (χ1v) is 4.86. The molecule has 0 aromatic rings. The monoisotopic (exact) mass is 203 g/mol. The van der Waals surface area contributed by atoms with Crippen LogP contribution in [0, 0.1) is 0 Å². The fourth-order valence-electron chi connectivity index (χ4n) is 1.19. The number of nitrogens with one attached hydrogen (secondary N) is 1. The van der Waals surface area contributed by atoms with Crippen molar-refractivity contribution in [1.29, 1.82) is 0 Å². The van der Waals surface area contributed by atoms with Gasteiger partial charge in [-0.15, -0.1) is 0 Å². The highest BCUT2D eigenvalue weighted by atomic mass is 16.4. The van der Waals surface area contributed by atoms with E-state index in [1.165, 1.54) is 0 Å². The van der Waals surface area contributed by atoms with Crippen LogP contribution in [0.15, 0.2) is 5.16 Å². The maximum Gasteiger partial charge on any atom is 0.156 e. The summed E-state index contributed by atoms with van der Waals surface area (Å²) in [6, 6.07) is -0.233. The molecule has 0 aliphatic heterocycles. The van der Waals surface area contributed by atoms with Gasteiger partial charge in [0.15, 0.2) is 5.84 Å². The molecule has 0 saturated heterocycles. The zero-order valence-corrected chi connectivity index (χ0v) is 9.12. The van der Waals surface area contributed by atoms with E-state index in [0.717, 1.165) is 12.8 Å². The third-order valence-corrected chi connectivity index (χ3v) is 2.14.